The molecule has 6 heteroatoms. The first-order valence-corrected chi connectivity index (χ1v) is 8.04. The van der Waals surface area contributed by atoms with Gasteiger partial charge in [0.2, 0.25) is 11.9 Å². The zero-order valence-electron chi connectivity index (χ0n) is 14.0. The Morgan fingerprint density at radius 3 is 2.39 bits per heavy atom. The van der Waals surface area contributed by atoms with Crippen LogP contribution in [0.2, 0.25) is 0 Å². The third-order valence-corrected chi connectivity index (χ3v) is 3.51. The largest absolute Gasteiger partial charge is 0.394 e. The number of nitrogens with one attached hydrogen (secondary N) is 2. The molecule has 0 aliphatic rings. The Bertz CT molecular complexity index is 615. The highest BCUT2D eigenvalue weighted by Crippen LogP contribution is 2.15. The van der Waals surface area contributed by atoms with Crippen LogP contribution in [-0.2, 0) is 0 Å². The normalized spacial score (nSPS) is 12.0. The van der Waals surface area contributed by atoms with E-state index in [9.17, 15) is 5.11 Å². The van der Waals surface area contributed by atoms with Gasteiger partial charge >= 0.3 is 0 Å². The zero-order chi connectivity index (χ0) is 16.7. The lowest BCUT2D eigenvalue weighted by Gasteiger charge is -2.16. The van der Waals surface area contributed by atoms with Crippen molar-refractivity contribution < 1.29 is 5.11 Å². The molecule has 0 unspecified atom stereocenters. The van der Waals surface area contributed by atoms with E-state index in [0.717, 1.165) is 24.9 Å². The molecule has 0 saturated carbocycles. The number of hydrogen-bond acceptors (Lipinski definition) is 6. The van der Waals surface area contributed by atoms with Gasteiger partial charge < -0.3 is 15.7 Å². The van der Waals surface area contributed by atoms with Gasteiger partial charge in [0.25, 0.3) is 0 Å². The highest BCUT2D eigenvalue weighted by atomic mass is 16.3. The summed E-state index contributed by atoms with van der Waals surface area (Å²) in [6.07, 6.45) is 3.03. The average molecular weight is 315 g/mol. The van der Waals surface area contributed by atoms with Crippen molar-refractivity contribution in [3.8, 4) is 0 Å². The number of aromatic nitrogens is 3. The van der Waals surface area contributed by atoms with Crippen LogP contribution in [0.25, 0.3) is 0 Å². The number of anilines is 3. The molecule has 0 spiro atoms. The van der Waals surface area contributed by atoms with Gasteiger partial charge in [0.1, 0.15) is 5.82 Å². The summed E-state index contributed by atoms with van der Waals surface area (Å²) < 4.78 is 0. The Balaban J connectivity index is 2.09. The third kappa shape index (κ3) is 5.49. The molecule has 3 N–H and O–H groups in total. The predicted molar refractivity (Wildman–Crippen MR) is 93.0 cm³/mol. The number of nitrogens with zero attached hydrogens (tertiary/aromatic N) is 3. The van der Waals surface area contributed by atoms with E-state index >= 15 is 0 Å². The van der Waals surface area contributed by atoms with Crippen LogP contribution in [0.5, 0.6) is 0 Å². The number of benzene rings is 1. The minimum absolute atomic E-state index is 0.0380. The Hall–Kier alpha value is -2.21. The second-order valence-corrected chi connectivity index (χ2v) is 5.69. The van der Waals surface area contributed by atoms with E-state index in [-0.39, 0.29) is 12.6 Å². The monoisotopic (exact) mass is 315 g/mol. The summed E-state index contributed by atoms with van der Waals surface area (Å²) in [5, 5.41) is 15.8. The number of aliphatic hydroxyl groups excluding tert-OH is 1. The molecule has 0 amide bonds. The summed E-state index contributed by atoms with van der Waals surface area (Å²) in [4.78, 5) is 13.0. The average Bonchev–Trinajstić information content (AvgIpc) is 2.53. The summed E-state index contributed by atoms with van der Waals surface area (Å²) >= 11 is 0. The van der Waals surface area contributed by atoms with Crippen molar-refractivity contribution in [2.45, 2.75) is 46.1 Å². The van der Waals surface area contributed by atoms with E-state index in [0.29, 0.717) is 17.7 Å². The lowest BCUT2D eigenvalue weighted by molar-refractivity contribution is 0.266. The van der Waals surface area contributed by atoms with E-state index < -0.39 is 0 Å². The van der Waals surface area contributed by atoms with Gasteiger partial charge in [-0.15, -0.1) is 0 Å². The highest BCUT2D eigenvalue weighted by molar-refractivity contribution is 5.54. The highest BCUT2D eigenvalue weighted by Gasteiger charge is 2.10. The number of unbranched alkanes of at least 4 members (excludes halogenated alkanes) is 1. The maximum atomic E-state index is 9.46. The zero-order valence-corrected chi connectivity index (χ0v) is 14.0. The minimum Gasteiger partial charge on any atom is -0.394 e. The Morgan fingerprint density at radius 1 is 1.04 bits per heavy atom. The summed E-state index contributed by atoms with van der Waals surface area (Å²) in [5.74, 6) is 1.61. The second-order valence-electron chi connectivity index (χ2n) is 5.69. The van der Waals surface area contributed by atoms with Crippen molar-refractivity contribution in [2.24, 2.45) is 0 Å². The SMILES string of the molecule is CCCC[C@@H](CO)Nc1nc(C)nc(Nc2ccc(C)cc2)n1. The number of rotatable bonds is 8. The molecule has 1 aromatic heterocycles. The molecule has 23 heavy (non-hydrogen) atoms. The van der Waals surface area contributed by atoms with Crippen molar-refractivity contribution in [3.05, 3.63) is 35.7 Å². The van der Waals surface area contributed by atoms with Gasteiger partial charge in [-0.05, 0) is 32.4 Å². The van der Waals surface area contributed by atoms with Gasteiger partial charge in [0, 0.05) is 5.69 Å². The second kappa shape index (κ2) is 8.43. The fourth-order valence-corrected chi connectivity index (χ4v) is 2.21. The molecule has 124 valence electrons. The van der Waals surface area contributed by atoms with Crippen molar-refractivity contribution in [1.82, 2.24) is 15.0 Å². The van der Waals surface area contributed by atoms with Gasteiger partial charge in [-0.1, -0.05) is 37.5 Å². The molecule has 2 aromatic rings. The van der Waals surface area contributed by atoms with Crippen LogP contribution >= 0.6 is 0 Å². The van der Waals surface area contributed by atoms with E-state index in [1.807, 2.05) is 38.1 Å². The Labute approximate surface area is 137 Å². The molecular formula is C17H25N5O. The predicted octanol–water partition coefficient (Wildman–Crippen LogP) is 3.20. The summed E-state index contributed by atoms with van der Waals surface area (Å²) in [7, 11) is 0. The van der Waals surface area contributed by atoms with Gasteiger partial charge in [-0.2, -0.15) is 15.0 Å². The fourth-order valence-electron chi connectivity index (χ4n) is 2.21. The van der Waals surface area contributed by atoms with E-state index in [2.05, 4.69) is 32.5 Å². The first kappa shape index (κ1) is 17.1. The molecular weight excluding hydrogens is 290 g/mol. The fraction of sp³-hybridized carbons (Fsp3) is 0.471. The molecule has 0 radical (unpaired) electrons. The first-order chi connectivity index (χ1) is 11.1. The van der Waals surface area contributed by atoms with Gasteiger partial charge in [0.05, 0.1) is 12.6 Å². The molecule has 2 rings (SSSR count). The van der Waals surface area contributed by atoms with Crippen LogP contribution in [0.1, 0.15) is 37.6 Å². The Kier molecular flexibility index (Phi) is 6.29. The van der Waals surface area contributed by atoms with Gasteiger partial charge in [-0.25, -0.2) is 0 Å². The van der Waals surface area contributed by atoms with Crippen LogP contribution in [-0.4, -0.2) is 32.7 Å². The van der Waals surface area contributed by atoms with Crippen molar-refractivity contribution in [1.29, 1.82) is 0 Å². The van der Waals surface area contributed by atoms with Crippen LogP contribution in [0.15, 0.2) is 24.3 Å². The summed E-state index contributed by atoms with van der Waals surface area (Å²) in [5.41, 5.74) is 2.13. The first-order valence-electron chi connectivity index (χ1n) is 8.04. The molecule has 0 saturated heterocycles. The molecule has 6 nitrogen and oxygen atoms in total. The Morgan fingerprint density at radius 2 is 1.74 bits per heavy atom. The van der Waals surface area contributed by atoms with Crippen LogP contribution in [0.3, 0.4) is 0 Å². The maximum absolute atomic E-state index is 9.46. The molecule has 1 atom stereocenters. The van der Waals surface area contributed by atoms with Crippen molar-refractivity contribution in [3.63, 3.8) is 0 Å². The van der Waals surface area contributed by atoms with Gasteiger partial charge in [-0.3, -0.25) is 0 Å². The standard InChI is InChI=1S/C17H25N5O/c1-4-5-6-15(11-23)21-17-19-13(3)18-16(22-17)20-14-9-7-12(2)8-10-14/h7-10,15,23H,4-6,11H2,1-3H3,(H2,18,19,20,21,22)/t15-/m0/s1. The van der Waals surface area contributed by atoms with Crippen LogP contribution in [0, 0.1) is 13.8 Å². The minimum atomic E-state index is -0.0380. The lowest BCUT2D eigenvalue weighted by atomic mass is 10.1. The van der Waals surface area contributed by atoms with E-state index in [4.69, 9.17) is 0 Å². The third-order valence-electron chi connectivity index (χ3n) is 3.51. The lowest BCUT2D eigenvalue weighted by Crippen LogP contribution is -2.25. The number of hydrogen-bond donors (Lipinski definition) is 3. The number of aliphatic hydroxyl groups is 1. The summed E-state index contributed by atoms with van der Waals surface area (Å²) in [6, 6.07) is 7.99. The van der Waals surface area contributed by atoms with E-state index in [1.165, 1.54) is 5.56 Å². The van der Waals surface area contributed by atoms with Crippen LogP contribution in [0.4, 0.5) is 17.6 Å². The molecule has 0 aliphatic carbocycles. The van der Waals surface area contributed by atoms with Gasteiger partial charge in [0.15, 0.2) is 0 Å². The molecule has 0 bridgehead atoms. The topological polar surface area (TPSA) is 83.0 Å². The van der Waals surface area contributed by atoms with Crippen LogP contribution < -0.4 is 10.6 Å². The number of aryl methyl sites for hydroxylation is 2. The molecule has 1 heterocycles. The molecule has 0 fully saturated rings. The smallest absolute Gasteiger partial charge is 0.232 e. The van der Waals surface area contributed by atoms with Crippen molar-refractivity contribution >= 4 is 17.6 Å². The summed E-state index contributed by atoms with van der Waals surface area (Å²) in [6.45, 7) is 6.06. The molecule has 0 aliphatic heterocycles. The molecule has 1 aromatic carbocycles. The van der Waals surface area contributed by atoms with Crippen molar-refractivity contribution in [2.75, 3.05) is 17.2 Å². The quantitative estimate of drug-likeness (QED) is 0.694. The van der Waals surface area contributed by atoms with E-state index in [1.54, 1.807) is 0 Å². The maximum Gasteiger partial charge on any atom is 0.232 e.